The quantitative estimate of drug-likeness (QED) is 0.429. The Hall–Kier alpha value is -3.81. The van der Waals surface area contributed by atoms with E-state index in [1.54, 1.807) is 12.1 Å². The summed E-state index contributed by atoms with van der Waals surface area (Å²) in [6.07, 6.45) is 2.23. The summed E-state index contributed by atoms with van der Waals surface area (Å²) < 4.78 is 36.9. The number of aryl methyl sites for hydroxylation is 1. The summed E-state index contributed by atoms with van der Waals surface area (Å²) >= 11 is 0. The van der Waals surface area contributed by atoms with Gasteiger partial charge in [-0.05, 0) is 60.9 Å². The smallest absolute Gasteiger partial charge is 0.337 e. The summed E-state index contributed by atoms with van der Waals surface area (Å²) in [5.41, 5.74) is 1.40. The van der Waals surface area contributed by atoms with Crippen molar-refractivity contribution in [2.45, 2.75) is 12.8 Å². The van der Waals surface area contributed by atoms with Crippen molar-refractivity contribution >= 4 is 11.9 Å². The number of amides is 1. The highest BCUT2D eigenvalue weighted by molar-refractivity contribution is 5.96. The van der Waals surface area contributed by atoms with E-state index in [4.69, 9.17) is 4.74 Å². The zero-order valence-electron chi connectivity index (χ0n) is 16.7. The Morgan fingerprint density at radius 2 is 1.71 bits per heavy atom. The molecule has 0 saturated carbocycles. The summed E-state index contributed by atoms with van der Waals surface area (Å²) in [5.74, 6) is -1.86. The Kier molecular flexibility index (Phi) is 7.26. The van der Waals surface area contributed by atoms with Crippen LogP contribution < -0.4 is 10.1 Å². The maximum absolute atomic E-state index is 13.6. The second-order valence-electron chi connectivity index (χ2n) is 6.61. The van der Waals surface area contributed by atoms with E-state index in [0.29, 0.717) is 24.9 Å². The van der Waals surface area contributed by atoms with Gasteiger partial charge in [0.1, 0.15) is 22.9 Å². The molecule has 8 heteroatoms. The number of hydrogen-bond donors (Lipinski definition) is 1. The number of halogens is 2. The Bertz CT molecular complexity index is 1050. The number of ether oxygens (including phenoxy) is 2. The third kappa shape index (κ3) is 6.08. The number of carbonyl (C=O) groups is 2. The molecule has 0 radical (unpaired) electrons. The Morgan fingerprint density at radius 3 is 2.39 bits per heavy atom. The molecule has 0 spiro atoms. The maximum Gasteiger partial charge on any atom is 0.337 e. The zero-order chi connectivity index (χ0) is 22.2. The SMILES string of the molecule is COC(=O)c1ccc(CCCNC(=O)c2cc(F)cnc2Oc2ccc(F)cc2)cc1. The molecule has 2 aromatic carbocycles. The lowest BCUT2D eigenvalue weighted by molar-refractivity contribution is 0.0600. The fourth-order valence-electron chi connectivity index (χ4n) is 2.80. The number of esters is 1. The third-order valence-electron chi connectivity index (χ3n) is 4.39. The minimum atomic E-state index is -0.678. The van der Waals surface area contributed by atoms with E-state index < -0.39 is 23.5 Å². The molecule has 1 aromatic heterocycles. The van der Waals surface area contributed by atoms with Gasteiger partial charge in [-0.25, -0.2) is 18.6 Å². The summed E-state index contributed by atoms with van der Waals surface area (Å²) in [7, 11) is 1.32. The molecule has 1 N–H and O–H groups in total. The molecule has 1 amide bonds. The number of aromatic nitrogens is 1. The molecular formula is C23H20F2N2O4. The lowest BCUT2D eigenvalue weighted by Crippen LogP contribution is -2.25. The van der Waals surface area contributed by atoms with E-state index in [1.165, 1.54) is 31.4 Å². The monoisotopic (exact) mass is 426 g/mol. The summed E-state index contributed by atoms with van der Waals surface area (Å²) in [4.78, 5) is 27.8. The van der Waals surface area contributed by atoms with Crippen LogP contribution in [-0.4, -0.2) is 30.5 Å². The molecule has 6 nitrogen and oxygen atoms in total. The first-order valence-electron chi connectivity index (χ1n) is 9.50. The van der Waals surface area contributed by atoms with Crippen molar-refractivity contribution in [3.63, 3.8) is 0 Å². The van der Waals surface area contributed by atoms with Gasteiger partial charge in [-0.2, -0.15) is 0 Å². The van der Waals surface area contributed by atoms with Crippen molar-refractivity contribution in [3.8, 4) is 11.6 Å². The fraction of sp³-hybridized carbons (Fsp3) is 0.174. The second kappa shape index (κ2) is 10.3. The molecule has 160 valence electrons. The summed E-state index contributed by atoms with van der Waals surface area (Å²) in [5, 5.41) is 2.71. The second-order valence-corrected chi connectivity index (χ2v) is 6.61. The van der Waals surface area contributed by atoms with E-state index in [-0.39, 0.29) is 17.2 Å². The average molecular weight is 426 g/mol. The summed E-state index contributed by atoms with van der Waals surface area (Å²) in [6.45, 7) is 0.337. The fourth-order valence-corrected chi connectivity index (χ4v) is 2.80. The van der Waals surface area contributed by atoms with E-state index in [2.05, 4.69) is 15.0 Å². The van der Waals surface area contributed by atoms with Crippen LogP contribution in [0.25, 0.3) is 0 Å². The van der Waals surface area contributed by atoms with Gasteiger partial charge in [-0.3, -0.25) is 4.79 Å². The van der Waals surface area contributed by atoms with E-state index >= 15 is 0 Å². The molecule has 0 unspecified atom stereocenters. The van der Waals surface area contributed by atoms with Gasteiger partial charge in [0.15, 0.2) is 0 Å². The molecule has 3 aromatic rings. The number of pyridine rings is 1. The van der Waals surface area contributed by atoms with Crippen molar-refractivity contribution in [2.24, 2.45) is 0 Å². The topological polar surface area (TPSA) is 77.5 Å². The molecule has 0 saturated heterocycles. The molecule has 1 heterocycles. The Morgan fingerprint density at radius 1 is 1.00 bits per heavy atom. The molecule has 0 atom stereocenters. The van der Waals surface area contributed by atoms with Crippen LogP contribution in [0.15, 0.2) is 60.8 Å². The van der Waals surface area contributed by atoms with Crippen LogP contribution in [-0.2, 0) is 11.2 Å². The van der Waals surface area contributed by atoms with Gasteiger partial charge in [0.05, 0.1) is 18.9 Å². The number of nitrogens with one attached hydrogen (secondary N) is 1. The van der Waals surface area contributed by atoms with Gasteiger partial charge in [0, 0.05) is 6.54 Å². The van der Waals surface area contributed by atoms with Crippen LogP contribution in [0.3, 0.4) is 0 Å². The van der Waals surface area contributed by atoms with Crippen molar-refractivity contribution in [2.75, 3.05) is 13.7 Å². The van der Waals surface area contributed by atoms with Crippen molar-refractivity contribution in [1.82, 2.24) is 10.3 Å². The third-order valence-corrected chi connectivity index (χ3v) is 4.39. The first-order valence-corrected chi connectivity index (χ1v) is 9.50. The lowest BCUT2D eigenvalue weighted by atomic mass is 10.1. The highest BCUT2D eigenvalue weighted by Crippen LogP contribution is 2.24. The van der Waals surface area contributed by atoms with Gasteiger partial charge >= 0.3 is 5.97 Å². The molecule has 31 heavy (non-hydrogen) atoms. The number of hydrogen-bond acceptors (Lipinski definition) is 5. The van der Waals surface area contributed by atoms with E-state index in [9.17, 15) is 18.4 Å². The molecular weight excluding hydrogens is 406 g/mol. The van der Waals surface area contributed by atoms with Gasteiger partial charge in [0.2, 0.25) is 5.88 Å². The van der Waals surface area contributed by atoms with E-state index in [1.807, 2.05) is 12.1 Å². The normalized spacial score (nSPS) is 10.4. The molecule has 0 bridgehead atoms. The Labute approximate surface area is 177 Å². The highest BCUT2D eigenvalue weighted by Gasteiger charge is 2.16. The van der Waals surface area contributed by atoms with Crippen LogP contribution >= 0.6 is 0 Å². The first-order chi connectivity index (χ1) is 15.0. The van der Waals surface area contributed by atoms with Crippen molar-refractivity contribution < 1.29 is 27.8 Å². The maximum atomic E-state index is 13.6. The van der Waals surface area contributed by atoms with Crippen molar-refractivity contribution in [1.29, 1.82) is 0 Å². The molecule has 0 aliphatic heterocycles. The van der Waals surface area contributed by atoms with Gasteiger partial charge in [-0.1, -0.05) is 12.1 Å². The molecule has 0 aliphatic carbocycles. The lowest BCUT2D eigenvalue weighted by Gasteiger charge is -2.11. The van der Waals surface area contributed by atoms with Crippen LogP contribution in [0.4, 0.5) is 8.78 Å². The minimum absolute atomic E-state index is 0.0632. The minimum Gasteiger partial charge on any atom is -0.465 e. The van der Waals surface area contributed by atoms with Crippen LogP contribution in [0.2, 0.25) is 0 Å². The van der Waals surface area contributed by atoms with E-state index in [0.717, 1.165) is 17.8 Å². The predicted molar refractivity (Wildman–Crippen MR) is 109 cm³/mol. The van der Waals surface area contributed by atoms with Crippen LogP contribution in [0.5, 0.6) is 11.6 Å². The van der Waals surface area contributed by atoms with Crippen molar-refractivity contribution in [3.05, 3.63) is 89.1 Å². The number of benzene rings is 2. The number of rotatable bonds is 8. The summed E-state index contributed by atoms with van der Waals surface area (Å²) in [6, 6.07) is 13.2. The zero-order valence-corrected chi connectivity index (χ0v) is 16.7. The average Bonchev–Trinajstić information content (AvgIpc) is 2.79. The van der Waals surface area contributed by atoms with Gasteiger partial charge in [-0.15, -0.1) is 0 Å². The van der Waals surface area contributed by atoms with Gasteiger partial charge < -0.3 is 14.8 Å². The van der Waals surface area contributed by atoms with Crippen LogP contribution in [0, 0.1) is 11.6 Å². The predicted octanol–water partition coefficient (Wildman–Crippen LogP) is 4.30. The first kappa shape index (κ1) is 21.9. The largest absolute Gasteiger partial charge is 0.465 e. The molecule has 0 aliphatic rings. The number of carbonyl (C=O) groups excluding carboxylic acids is 2. The molecule has 0 fully saturated rings. The number of nitrogens with zero attached hydrogens (tertiary/aromatic N) is 1. The standard InChI is InChI=1S/C23H20F2N2O4/c1-30-23(29)16-6-4-15(5-7-16)3-2-12-26-21(28)20-13-18(25)14-27-22(20)31-19-10-8-17(24)9-11-19/h4-11,13-14H,2-3,12H2,1H3,(H,26,28). The number of methoxy groups -OCH3 is 1. The van der Waals surface area contributed by atoms with Gasteiger partial charge in [0.25, 0.3) is 5.91 Å². The highest BCUT2D eigenvalue weighted by atomic mass is 19.1. The van der Waals surface area contributed by atoms with Crippen LogP contribution in [0.1, 0.15) is 32.7 Å². The molecule has 3 rings (SSSR count). The Balaban J connectivity index is 1.57.